The number of aromatic nitrogens is 3. The lowest BCUT2D eigenvalue weighted by Crippen LogP contribution is -2.63. The minimum absolute atomic E-state index is 0.00802. The van der Waals surface area contributed by atoms with Crippen LogP contribution in [0.1, 0.15) is 42.6 Å². The Morgan fingerprint density at radius 1 is 1.32 bits per heavy atom. The van der Waals surface area contributed by atoms with Gasteiger partial charge in [0, 0.05) is 12.5 Å². The van der Waals surface area contributed by atoms with E-state index < -0.39 is 0 Å². The quantitative estimate of drug-likeness (QED) is 0.623. The molecule has 31 heavy (non-hydrogen) atoms. The predicted molar refractivity (Wildman–Crippen MR) is 111 cm³/mol. The summed E-state index contributed by atoms with van der Waals surface area (Å²) in [5.74, 6) is 1.47. The van der Waals surface area contributed by atoms with E-state index in [0.717, 1.165) is 28.7 Å². The molecule has 0 aliphatic carbocycles. The van der Waals surface area contributed by atoms with Gasteiger partial charge >= 0.3 is 0 Å². The van der Waals surface area contributed by atoms with E-state index in [1.165, 1.54) is 0 Å². The van der Waals surface area contributed by atoms with Gasteiger partial charge in [-0.3, -0.25) is 4.79 Å². The molecule has 0 saturated carbocycles. The van der Waals surface area contributed by atoms with Crippen LogP contribution in [0.3, 0.4) is 0 Å². The second kappa shape index (κ2) is 7.61. The molecule has 4 atom stereocenters. The van der Waals surface area contributed by atoms with Gasteiger partial charge in [0.1, 0.15) is 12.6 Å². The SMILES string of the molecule is CC1CNN2NCN(Cc3nc([C@@H]4CO[C@@H](c5ccc6ncsc6c5)C4)no3)C(=O)C12. The van der Waals surface area contributed by atoms with Crippen molar-refractivity contribution >= 4 is 27.5 Å². The minimum Gasteiger partial charge on any atom is -0.373 e. The molecule has 2 N–H and O–H groups in total. The van der Waals surface area contributed by atoms with Crippen molar-refractivity contribution < 1.29 is 14.1 Å². The third-order valence-corrected chi connectivity index (χ3v) is 7.09. The number of amides is 1. The standard InChI is InChI=1S/C20H23N7O3S/c1-11-6-22-27-18(11)20(28)26(9-23-27)7-17-24-19(25-30-17)13-4-15(29-8-13)12-2-3-14-16(5-12)31-10-21-14/h2-3,5,10-11,13,15,18,22-23H,4,6-9H2,1H3/t11?,13-,15+,18?/m0/s1. The van der Waals surface area contributed by atoms with Gasteiger partial charge in [-0.15, -0.1) is 11.3 Å². The zero-order valence-corrected chi connectivity index (χ0v) is 17.8. The van der Waals surface area contributed by atoms with Crippen molar-refractivity contribution in [3.63, 3.8) is 0 Å². The highest BCUT2D eigenvalue weighted by Crippen LogP contribution is 2.38. The van der Waals surface area contributed by atoms with E-state index in [-0.39, 0.29) is 29.9 Å². The minimum atomic E-state index is -0.212. The lowest BCUT2D eigenvalue weighted by Gasteiger charge is -2.37. The first-order valence-electron chi connectivity index (χ1n) is 10.5. The molecule has 6 rings (SSSR count). The van der Waals surface area contributed by atoms with Gasteiger partial charge in [0.05, 0.1) is 35.1 Å². The van der Waals surface area contributed by atoms with E-state index in [1.54, 1.807) is 16.2 Å². The van der Waals surface area contributed by atoms with Gasteiger partial charge in [-0.25, -0.2) is 15.8 Å². The van der Waals surface area contributed by atoms with Crippen LogP contribution in [0.15, 0.2) is 28.2 Å². The van der Waals surface area contributed by atoms with Crippen LogP contribution in [-0.2, 0) is 16.1 Å². The van der Waals surface area contributed by atoms with Gasteiger partial charge < -0.3 is 14.2 Å². The number of hydrazine groups is 2. The largest absolute Gasteiger partial charge is 0.373 e. The summed E-state index contributed by atoms with van der Waals surface area (Å²) < 4.78 is 12.7. The van der Waals surface area contributed by atoms with Crippen molar-refractivity contribution in [1.82, 2.24) is 36.0 Å². The molecule has 3 aliphatic heterocycles. The molecule has 0 spiro atoms. The molecular weight excluding hydrogens is 418 g/mol. The Morgan fingerprint density at radius 3 is 3.19 bits per heavy atom. The van der Waals surface area contributed by atoms with Crippen molar-refractivity contribution in [2.24, 2.45) is 5.92 Å². The number of ether oxygens (including phenoxy) is 1. The summed E-state index contributed by atoms with van der Waals surface area (Å²) in [7, 11) is 0. The number of nitrogens with zero attached hydrogens (tertiary/aromatic N) is 5. The molecule has 1 aromatic carbocycles. The van der Waals surface area contributed by atoms with Crippen molar-refractivity contribution in [2.45, 2.75) is 38.0 Å². The number of carbonyl (C=O) groups excluding carboxylic acids is 1. The van der Waals surface area contributed by atoms with Gasteiger partial charge in [-0.1, -0.05) is 18.1 Å². The Morgan fingerprint density at radius 2 is 2.26 bits per heavy atom. The van der Waals surface area contributed by atoms with Gasteiger partial charge in [-0.2, -0.15) is 10.1 Å². The van der Waals surface area contributed by atoms with Crippen LogP contribution in [-0.4, -0.2) is 56.9 Å². The topological polar surface area (TPSA) is 109 Å². The summed E-state index contributed by atoms with van der Waals surface area (Å²) in [6.07, 6.45) is 0.807. The van der Waals surface area contributed by atoms with Crippen molar-refractivity contribution in [1.29, 1.82) is 0 Å². The lowest BCUT2D eigenvalue weighted by molar-refractivity contribution is -0.149. The van der Waals surface area contributed by atoms with E-state index in [9.17, 15) is 4.79 Å². The number of rotatable bonds is 4. The maximum absolute atomic E-state index is 12.8. The van der Waals surface area contributed by atoms with Crippen LogP contribution < -0.4 is 10.9 Å². The Kier molecular flexibility index (Phi) is 4.73. The number of carbonyl (C=O) groups is 1. The van der Waals surface area contributed by atoms with Crippen molar-refractivity contribution in [2.75, 3.05) is 19.8 Å². The second-order valence-electron chi connectivity index (χ2n) is 8.39. The maximum Gasteiger partial charge on any atom is 0.246 e. The van der Waals surface area contributed by atoms with Crippen LogP contribution in [0, 0.1) is 5.92 Å². The predicted octanol–water partition coefficient (Wildman–Crippen LogP) is 1.55. The fraction of sp³-hybridized carbons (Fsp3) is 0.500. The molecule has 3 fully saturated rings. The fourth-order valence-electron chi connectivity index (χ4n) is 4.55. The molecule has 1 amide bonds. The van der Waals surface area contributed by atoms with Crippen LogP contribution in [0.25, 0.3) is 10.2 Å². The second-order valence-corrected chi connectivity index (χ2v) is 9.27. The number of nitrogens with one attached hydrogen (secondary N) is 2. The van der Waals surface area contributed by atoms with Gasteiger partial charge in [0.25, 0.3) is 0 Å². The molecule has 2 unspecified atom stereocenters. The average molecular weight is 442 g/mol. The smallest absolute Gasteiger partial charge is 0.246 e. The Bertz CT molecular complexity index is 1120. The number of benzene rings is 1. The zero-order chi connectivity index (χ0) is 20.9. The van der Waals surface area contributed by atoms with E-state index in [0.29, 0.717) is 31.5 Å². The molecule has 3 aromatic rings. The first kappa shape index (κ1) is 19.3. The van der Waals surface area contributed by atoms with Crippen LogP contribution in [0.5, 0.6) is 0 Å². The van der Waals surface area contributed by atoms with E-state index in [1.807, 2.05) is 16.7 Å². The first-order valence-corrected chi connectivity index (χ1v) is 11.4. The number of hydrogen-bond donors (Lipinski definition) is 2. The van der Waals surface area contributed by atoms with E-state index >= 15 is 0 Å². The number of fused-ring (bicyclic) bond motifs is 2. The molecule has 0 bridgehead atoms. The summed E-state index contributed by atoms with van der Waals surface area (Å²) in [6, 6.07) is 6.05. The summed E-state index contributed by atoms with van der Waals surface area (Å²) in [5.41, 5.74) is 10.4. The molecule has 0 radical (unpaired) electrons. The normalized spacial score (nSPS) is 29.2. The zero-order valence-electron chi connectivity index (χ0n) is 17.0. The van der Waals surface area contributed by atoms with Gasteiger partial charge in [0.2, 0.25) is 11.8 Å². The monoisotopic (exact) mass is 441 g/mol. The molecular formula is C20H23N7O3S. The summed E-state index contributed by atoms with van der Waals surface area (Å²) in [4.78, 5) is 23.5. The van der Waals surface area contributed by atoms with Crippen molar-refractivity contribution in [3.8, 4) is 0 Å². The van der Waals surface area contributed by atoms with Crippen LogP contribution >= 0.6 is 11.3 Å². The molecule has 2 aromatic heterocycles. The Labute approximate surface area is 182 Å². The van der Waals surface area contributed by atoms with Gasteiger partial charge in [-0.05, 0) is 30.0 Å². The molecule has 10 nitrogen and oxygen atoms in total. The first-order chi connectivity index (χ1) is 15.2. The number of hydrogen-bond acceptors (Lipinski definition) is 10. The Balaban J connectivity index is 1.12. The molecule has 11 heteroatoms. The van der Waals surface area contributed by atoms with Crippen LogP contribution in [0.4, 0.5) is 0 Å². The Hall–Kier alpha value is -2.44. The molecule has 3 aliphatic rings. The fourth-order valence-corrected chi connectivity index (χ4v) is 5.27. The summed E-state index contributed by atoms with van der Waals surface area (Å²) >= 11 is 1.63. The summed E-state index contributed by atoms with van der Waals surface area (Å²) in [6.45, 7) is 4.10. The lowest BCUT2D eigenvalue weighted by atomic mass is 10.00. The third kappa shape index (κ3) is 3.42. The van der Waals surface area contributed by atoms with Crippen LogP contribution in [0.2, 0.25) is 0 Å². The highest BCUT2D eigenvalue weighted by Gasteiger charge is 2.43. The van der Waals surface area contributed by atoms with Crippen molar-refractivity contribution in [3.05, 3.63) is 41.0 Å². The average Bonchev–Trinajstić information content (AvgIpc) is 3.56. The molecule has 3 saturated heterocycles. The number of thiazole rings is 1. The molecule has 5 heterocycles. The molecule has 162 valence electrons. The van der Waals surface area contributed by atoms with E-state index in [4.69, 9.17) is 9.26 Å². The highest BCUT2D eigenvalue weighted by molar-refractivity contribution is 7.16. The highest BCUT2D eigenvalue weighted by atomic mass is 32.1. The summed E-state index contributed by atoms with van der Waals surface area (Å²) in [5, 5.41) is 5.99. The maximum atomic E-state index is 12.8. The van der Waals surface area contributed by atoms with E-state index in [2.05, 4.69) is 45.0 Å². The third-order valence-electron chi connectivity index (χ3n) is 6.30. The van der Waals surface area contributed by atoms with Gasteiger partial charge in [0.15, 0.2) is 5.82 Å².